The second kappa shape index (κ2) is 2.89. The topological polar surface area (TPSA) is 0 Å². The highest BCUT2D eigenvalue weighted by atomic mass is 35.6. The van der Waals surface area contributed by atoms with Crippen molar-refractivity contribution in [2.75, 3.05) is 0 Å². The zero-order valence-corrected chi connectivity index (χ0v) is 5.31. The highest BCUT2D eigenvalue weighted by Crippen LogP contribution is 2.23. The summed E-state index contributed by atoms with van der Waals surface area (Å²) < 4.78 is -1.08. The lowest BCUT2D eigenvalue weighted by molar-refractivity contribution is 1.11. The van der Waals surface area contributed by atoms with Crippen molar-refractivity contribution in [3.8, 4) is 0 Å². The van der Waals surface area contributed by atoms with Gasteiger partial charge in [0.25, 0.3) is 0 Å². The zero-order valence-electron chi connectivity index (χ0n) is 3.04. The first kappa shape index (κ1) is 9.93. The van der Waals surface area contributed by atoms with E-state index in [1.807, 2.05) is 0 Å². The van der Waals surface area contributed by atoms with Crippen molar-refractivity contribution in [1.82, 2.24) is 0 Å². The summed E-state index contributed by atoms with van der Waals surface area (Å²) in [5, 5.41) is 0. The number of rotatable bonds is 0. The van der Waals surface area contributed by atoms with Crippen LogP contribution < -0.4 is 0 Å². The smallest absolute Gasteiger partial charge is 0.187 e. The molecule has 0 amide bonds. The van der Waals surface area contributed by atoms with E-state index in [4.69, 9.17) is 34.8 Å². The molecule has 4 heteroatoms. The van der Waals surface area contributed by atoms with Crippen molar-refractivity contribution in [3.63, 3.8) is 0 Å². The molecule has 0 aromatic rings. The van der Waals surface area contributed by atoms with Crippen molar-refractivity contribution >= 4 is 34.8 Å². The fourth-order valence-electron chi connectivity index (χ4n) is 0. The summed E-state index contributed by atoms with van der Waals surface area (Å²) in [6, 6.07) is 0. The van der Waals surface area contributed by atoms with Gasteiger partial charge < -0.3 is 0 Å². The molecule has 0 atom stereocenters. The Bertz CT molecular complexity index is 24.3. The predicted molar refractivity (Wildman–Crippen MR) is 28.5 cm³/mol. The molecule has 0 radical (unpaired) electrons. The molecule has 0 aliphatic rings. The Labute approximate surface area is 50.7 Å². The second-order valence-electron chi connectivity index (χ2n) is 0.781. The molecule has 0 aromatic carbocycles. The summed E-state index contributed by atoms with van der Waals surface area (Å²) in [6.07, 6.45) is 0. The standard InChI is InChI=1S/C2H3Cl3.FH/c1-2(3,4)5;/h1H3;1H. The van der Waals surface area contributed by atoms with Gasteiger partial charge in [-0.2, -0.15) is 0 Å². The van der Waals surface area contributed by atoms with E-state index in [-0.39, 0.29) is 4.70 Å². The summed E-state index contributed by atoms with van der Waals surface area (Å²) in [6.45, 7) is 1.48. The van der Waals surface area contributed by atoms with Crippen LogP contribution in [0.3, 0.4) is 0 Å². The molecular formula is C2H4Cl3F. The van der Waals surface area contributed by atoms with Gasteiger partial charge >= 0.3 is 0 Å². The lowest BCUT2D eigenvalue weighted by Gasteiger charge is -1.94. The van der Waals surface area contributed by atoms with Crippen LogP contribution in [-0.2, 0) is 0 Å². The van der Waals surface area contributed by atoms with Gasteiger partial charge in [-0.3, -0.25) is 4.70 Å². The van der Waals surface area contributed by atoms with Gasteiger partial charge in [0.15, 0.2) is 3.79 Å². The highest BCUT2D eigenvalue weighted by Gasteiger charge is 2.07. The lowest BCUT2D eigenvalue weighted by atomic mass is 10.9. The van der Waals surface area contributed by atoms with E-state index in [1.54, 1.807) is 0 Å². The number of halogens is 4. The first-order valence-electron chi connectivity index (χ1n) is 1.07. The third kappa shape index (κ3) is 108. The zero-order chi connectivity index (χ0) is 4.50. The molecule has 0 bridgehead atoms. The predicted octanol–water partition coefficient (Wildman–Crippen LogP) is 2.53. The second-order valence-corrected chi connectivity index (χ2v) is 3.63. The Hall–Kier alpha value is 0.800. The average molecular weight is 153 g/mol. The van der Waals surface area contributed by atoms with Gasteiger partial charge in [0.2, 0.25) is 0 Å². The lowest BCUT2D eigenvalue weighted by Crippen LogP contribution is -1.87. The Morgan fingerprint density at radius 3 is 1.17 bits per heavy atom. The van der Waals surface area contributed by atoms with Crippen LogP contribution in [0.25, 0.3) is 0 Å². The number of hydrogen-bond acceptors (Lipinski definition) is 0. The summed E-state index contributed by atoms with van der Waals surface area (Å²) in [7, 11) is 0. The largest absolute Gasteiger partial charge is 0.269 e. The van der Waals surface area contributed by atoms with E-state index in [9.17, 15) is 0 Å². The molecule has 6 heavy (non-hydrogen) atoms. The molecule has 0 saturated carbocycles. The molecule has 0 heterocycles. The van der Waals surface area contributed by atoms with E-state index in [0.717, 1.165) is 0 Å². The van der Waals surface area contributed by atoms with E-state index >= 15 is 0 Å². The van der Waals surface area contributed by atoms with Crippen LogP contribution in [0.15, 0.2) is 0 Å². The molecule has 0 rings (SSSR count). The maximum atomic E-state index is 5.06. The highest BCUT2D eigenvalue weighted by molar-refractivity contribution is 6.67. The molecule has 0 saturated heterocycles. The fraction of sp³-hybridized carbons (Fsp3) is 1.00. The average Bonchev–Trinajstić information content (AvgIpc) is 0.722. The van der Waals surface area contributed by atoms with Gasteiger partial charge in [0, 0.05) is 0 Å². The molecule has 40 valence electrons. The third-order valence-corrected chi connectivity index (χ3v) is 0. The van der Waals surface area contributed by atoms with Crippen molar-refractivity contribution in [1.29, 1.82) is 0 Å². The van der Waals surface area contributed by atoms with Gasteiger partial charge in [-0.15, -0.1) is 0 Å². The number of alkyl halides is 3. The van der Waals surface area contributed by atoms with Gasteiger partial charge in [0.05, 0.1) is 0 Å². The van der Waals surface area contributed by atoms with Crippen molar-refractivity contribution in [2.45, 2.75) is 10.7 Å². The van der Waals surface area contributed by atoms with Crippen molar-refractivity contribution in [3.05, 3.63) is 0 Å². The molecule has 0 unspecified atom stereocenters. The Morgan fingerprint density at radius 1 is 1.17 bits per heavy atom. The molecule has 0 aliphatic heterocycles. The molecule has 0 aromatic heterocycles. The van der Waals surface area contributed by atoms with Crippen LogP contribution in [0, 0.1) is 0 Å². The normalized spacial score (nSPS) is 10.0. The summed E-state index contributed by atoms with van der Waals surface area (Å²) in [4.78, 5) is 0. The van der Waals surface area contributed by atoms with E-state index < -0.39 is 3.79 Å². The fourth-order valence-corrected chi connectivity index (χ4v) is 0. The molecular weight excluding hydrogens is 149 g/mol. The van der Waals surface area contributed by atoms with Gasteiger partial charge in [-0.1, -0.05) is 34.8 Å². The first-order chi connectivity index (χ1) is 2.00. The van der Waals surface area contributed by atoms with Crippen LogP contribution in [0.5, 0.6) is 0 Å². The minimum Gasteiger partial charge on any atom is -0.269 e. The quantitative estimate of drug-likeness (QED) is 0.469. The summed E-state index contributed by atoms with van der Waals surface area (Å²) in [5.74, 6) is 0. The molecule has 0 N–H and O–H groups in total. The van der Waals surface area contributed by atoms with Crippen LogP contribution in [0.2, 0.25) is 0 Å². The van der Waals surface area contributed by atoms with E-state index in [1.165, 1.54) is 6.92 Å². The summed E-state index contributed by atoms with van der Waals surface area (Å²) >= 11 is 15.2. The third-order valence-electron chi connectivity index (χ3n) is 0. The Kier molecular flexibility index (Phi) is 4.78. The van der Waals surface area contributed by atoms with Crippen LogP contribution in [0.4, 0.5) is 4.70 Å². The Balaban J connectivity index is 0. The van der Waals surface area contributed by atoms with Crippen molar-refractivity contribution < 1.29 is 4.70 Å². The SMILES string of the molecule is CC(Cl)(Cl)Cl.F. The molecule has 0 nitrogen and oxygen atoms in total. The molecule has 0 aliphatic carbocycles. The minimum absolute atomic E-state index is 0. The van der Waals surface area contributed by atoms with E-state index in [0.29, 0.717) is 0 Å². The monoisotopic (exact) mass is 152 g/mol. The van der Waals surface area contributed by atoms with E-state index in [2.05, 4.69) is 0 Å². The number of hydrogen-bond donors (Lipinski definition) is 0. The summed E-state index contributed by atoms with van der Waals surface area (Å²) in [5.41, 5.74) is 0. The maximum Gasteiger partial charge on any atom is 0.187 e. The van der Waals surface area contributed by atoms with Gasteiger partial charge in [-0.25, -0.2) is 0 Å². The Morgan fingerprint density at radius 2 is 1.17 bits per heavy atom. The van der Waals surface area contributed by atoms with Crippen molar-refractivity contribution in [2.24, 2.45) is 0 Å². The van der Waals surface area contributed by atoms with Crippen LogP contribution >= 0.6 is 34.8 Å². The van der Waals surface area contributed by atoms with Gasteiger partial charge in [0.1, 0.15) is 0 Å². The first-order valence-corrected chi connectivity index (χ1v) is 2.20. The minimum atomic E-state index is -1.08. The maximum absolute atomic E-state index is 5.06. The van der Waals surface area contributed by atoms with Crippen LogP contribution in [-0.4, -0.2) is 3.79 Å². The molecule has 0 fully saturated rings. The van der Waals surface area contributed by atoms with Crippen LogP contribution in [0.1, 0.15) is 6.92 Å². The van der Waals surface area contributed by atoms with Gasteiger partial charge in [-0.05, 0) is 6.92 Å². The molecule has 0 spiro atoms.